The van der Waals surface area contributed by atoms with E-state index < -0.39 is 5.60 Å². The predicted octanol–water partition coefficient (Wildman–Crippen LogP) is 4.25. The van der Waals surface area contributed by atoms with Crippen molar-refractivity contribution in [3.63, 3.8) is 0 Å². The van der Waals surface area contributed by atoms with Crippen LogP contribution in [0.25, 0.3) is 0 Å². The molecule has 1 aliphatic rings. The van der Waals surface area contributed by atoms with Crippen molar-refractivity contribution in [2.75, 3.05) is 20.2 Å². The number of ether oxygens (including phenoxy) is 1. The summed E-state index contributed by atoms with van der Waals surface area (Å²) in [6.45, 7) is 4.79. The van der Waals surface area contributed by atoms with Crippen LogP contribution in [-0.2, 0) is 12.1 Å². The number of likely N-dealkylation sites (tertiary alicyclic amines) is 1. The van der Waals surface area contributed by atoms with Gasteiger partial charge in [-0.3, -0.25) is 4.90 Å². The molecule has 0 aromatic heterocycles. The van der Waals surface area contributed by atoms with Gasteiger partial charge in [0.1, 0.15) is 5.75 Å². The lowest BCUT2D eigenvalue weighted by molar-refractivity contribution is -0.0277. The van der Waals surface area contributed by atoms with Crippen molar-refractivity contribution in [2.45, 2.75) is 31.9 Å². The minimum atomic E-state index is -0.701. The number of piperidine rings is 1. The number of benzene rings is 2. The number of methoxy groups -OCH3 is 1. The standard InChI is InChI=1S/C20H24BrNO2/c1-15-13-16(3-8-19(15)24-2)14-22-11-9-20(23,10-12-22)17-4-6-18(21)7-5-17/h3-8,13,23H,9-12,14H2,1-2H3. The molecule has 0 radical (unpaired) electrons. The number of rotatable bonds is 4. The summed E-state index contributed by atoms with van der Waals surface area (Å²) in [5, 5.41) is 11.0. The van der Waals surface area contributed by atoms with Gasteiger partial charge in [-0.2, -0.15) is 0 Å². The van der Waals surface area contributed by atoms with Crippen LogP contribution in [0.1, 0.15) is 29.5 Å². The van der Waals surface area contributed by atoms with E-state index in [1.165, 1.54) is 11.1 Å². The summed E-state index contributed by atoms with van der Waals surface area (Å²) in [5.74, 6) is 0.932. The molecule has 0 bridgehead atoms. The Bertz CT molecular complexity index is 691. The average molecular weight is 390 g/mol. The third kappa shape index (κ3) is 3.82. The number of nitrogens with zero attached hydrogens (tertiary/aromatic N) is 1. The second-order valence-corrected chi connectivity index (χ2v) is 7.53. The first-order chi connectivity index (χ1) is 11.5. The second kappa shape index (κ2) is 7.26. The van der Waals surface area contributed by atoms with Gasteiger partial charge in [-0.15, -0.1) is 0 Å². The average Bonchev–Trinajstić information content (AvgIpc) is 2.58. The van der Waals surface area contributed by atoms with Crippen molar-refractivity contribution in [1.82, 2.24) is 4.90 Å². The molecule has 0 aliphatic carbocycles. The van der Waals surface area contributed by atoms with Gasteiger partial charge in [-0.25, -0.2) is 0 Å². The fourth-order valence-electron chi connectivity index (χ4n) is 3.43. The highest BCUT2D eigenvalue weighted by Crippen LogP contribution is 2.34. The van der Waals surface area contributed by atoms with E-state index in [4.69, 9.17) is 4.74 Å². The molecule has 1 aliphatic heterocycles. The summed E-state index contributed by atoms with van der Waals surface area (Å²) in [6, 6.07) is 14.4. The Morgan fingerprint density at radius 2 is 1.79 bits per heavy atom. The van der Waals surface area contributed by atoms with Gasteiger partial charge in [0.2, 0.25) is 0 Å². The molecule has 2 aromatic rings. The monoisotopic (exact) mass is 389 g/mol. The Labute approximate surface area is 152 Å². The molecule has 1 heterocycles. The molecule has 1 saturated heterocycles. The SMILES string of the molecule is COc1ccc(CN2CCC(O)(c3ccc(Br)cc3)CC2)cc1C. The zero-order valence-electron chi connectivity index (χ0n) is 14.3. The fraction of sp³-hybridized carbons (Fsp3) is 0.400. The minimum absolute atomic E-state index is 0.701. The molecule has 128 valence electrons. The molecule has 3 nitrogen and oxygen atoms in total. The van der Waals surface area contributed by atoms with Crippen molar-refractivity contribution >= 4 is 15.9 Å². The van der Waals surface area contributed by atoms with Crippen molar-refractivity contribution in [2.24, 2.45) is 0 Å². The molecule has 2 aromatic carbocycles. The molecule has 1 N–H and O–H groups in total. The molecular formula is C20H24BrNO2. The van der Waals surface area contributed by atoms with Gasteiger partial charge < -0.3 is 9.84 Å². The molecule has 1 fully saturated rings. The maximum absolute atomic E-state index is 11.0. The Hall–Kier alpha value is -1.36. The van der Waals surface area contributed by atoms with E-state index in [2.05, 4.69) is 39.9 Å². The maximum atomic E-state index is 11.0. The number of hydrogen-bond donors (Lipinski definition) is 1. The van der Waals surface area contributed by atoms with E-state index in [1.54, 1.807) is 7.11 Å². The highest BCUT2D eigenvalue weighted by Gasteiger charge is 2.33. The van der Waals surface area contributed by atoms with E-state index >= 15 is 0 Å². The van der Waals surface area contributed by atoms with E-state index in [-0.39, 0.29) is 0 Å². The van der Waals surface area contributed by atoms with Crippen LogP contribution in [0.2, 0.25) is 0 Å². The third-order valence-electron chi connectivity index (χ3n) is 4.93. The van der Waals surface area contributed by atoms with Crippen LogP contribution in [0.3, 0.4) is 0 Å². The maximum Gasteiger partial charge on any atom is 0.121 e. The zero-order valence-corrected chi connectivity index (χ0v) is 15.8. The first-order valence-electron chi connectivity index (χ1n) is 8.34. The van der Waals surface area contributed by atoms with Crippen LogP contribution >= 0.6 is 15.9 Å². The predicted molar refractivity (Wildman–Crippen MR) is 100 cm³/mol. The highest BCUT2D eigenvalue weighted by atomic mass is 79.9. The lowest BCUT2D eigenvalue weighted by Crippen LogP contribution is -2.42. The van der Waals surface area contributed by atoms with Gasteiger partial charge in [-0.1, -0.05) is 40.2 Å². The largest absolute Gasteiger partial charge is 0.496 e. The quantitative estimate of drug-likeness (QED) is 0.847. The number of aryl methyl sites for hydroxylation is 1. The van der Waals surface area contributed by atoms with E-state index in [0.717, 1.165) is 48.3 Å². The number of aliphatic hydroxyl groups is 1. The highest BCUT2D eigenvalue weighted by molar-refractivity contribution is 9.10. The third-order valence-corrected chi connectivity index (χ3v) is 5.46. The van der Waals surface area contributed by atoms with Crippen LogP contribution in [0.15, 0.2) is 46.9 Å². The smallest absolute Gasteiger partial charge is 0.121 e. The molecule has 24 heavy (non-hydrogen) atoms. The Morgan fingerprint density at radius 3 is 2.38 bits per heavy atom. The number of hydrogen-bond acceptors (Lipinski definition) is 3. The number of halogens is 1. The first kappa shape index (κ1) is 17.5. The summed E-state index contributed by atoms with van der Waals surface area (Å²) >= 11 is 3.45. The van der Waals surface area contributed by atoms with Crippen LogP contribution < -0.4 is 4.74 Å². The first-order valence-corrected chi connectivity index (χ1v) is 9.14. The zero-order chi connectivity index (χ0) is 17.2. The second-order valence-electron chi connectivity index (χ2n) is 6.62. The van der Waals surface area contributed by atoms with Crippen LogP contribution in [-0.4, -0.2) is 30.2 Å². The molecule has 3 rings (SSSR count). The van der Waals surface area contributed by atoms with Crippen molar-refractivity contribution in [3.05, 3.63) is 63.6 Å². The summed E-state index contributed by atoms with van der Waals surface area (Å²) in [4.78, 5) is 2.41. The topological polar surface area (TPSA) is 32.7 Å². The van der Waals surface area contributed by atoms with Gasteiger partial charge in [0, 0.05) is 24.1 Å². The van der Waals surface area contributed by atoms with Gasteiger partial charge in [0.25, 0.3) is 0 Å². The van der Waals surface area contributed by atoms with Crippen molar-refractivity contribution in [3.8, 4) is 5.75 Å². The normalized spacial score (nSPS) is 17.7. The molecule has 0 amide bonds. The van der Waals surface area contributed by atoms with Gasteiger partial charge in [0.05, 0.1) is 12.7 Å². The molecule has 0 unspecified atom stereocenters. The molecular weight excluding hydrogens is 366 g/mol. The lowest BCUT2D eigenvalue weighted by Gasteiger charge is -2.38. The lowest BCUT2D eigenvalue weighted by atomic mass is 9.84. The molecule has 0 spiro atoms. The van der Waals surface area contributed by atoms with Crippen molar-refractivity contribution in [1.29, 1.82) is 0 Å². The summed E-state index contributed by atoms with van der Waals surface area (Å²) in [7, 11) is 1.70. The molecule has 4 heteroatoms. The summed E-state index contributed by atoms with van der Waals surface area (Å²) in [5.41, 5.74) is 2.78. The summed E-state index contributed by atoms with van der Waals surface area (Å²) < 4.78 is 6.37. The van der Waals surface area contributed by atoms with Crippen LogP contribution in [0.5, 0.6) is 5.75 Å². The van der Waals surface area contributed by atoms with Crippen molar-refractivity contribution < 1.29 is 9.84 Å². The van der Waals surface area contributed by atoms with Gasteiger partial charge >= 0.3 is 0 Å². The van der Waals surface area contributed by atoms with E-state index in [1.807, 2.05) is 30.3 Å². The molecule has 0 atom stereocenters. The molecule has 0 saturated carbocycles. The van der Waals surface area contributed by atoms with Crippen LogP contribution in [0.4, 0.5) is 0 Å². The van der Waals surface area contributed by atoms with Gasteiger partial charge in [-0.05, 0) is 54.7 Å². The Morgan fingerprint density at radius 1 is 1.12 bits per heavy atom. The Kier molecular flexibility index (Phi) is 5.28. The minimum Gasteiger partial charge on any atom is -0.496 e. The fourth-order valence-corrected chi connectivity index (χ4v) is 3.69. The Balaban J connectivity index is 1.62. The van der Waals surface area contributed by atoms with E-state index in [0.29, 0.717) is 0 Å². The summed E-state index contributed by atoms with van der Waals surface area (Å²) in [6.07, 6.45) is 1.54. The van der Waals surface area contributed by atoms with E-state index in [9.17, 15) is 5.11 Å². The van der Waals surface area contributed by atoms with Gasteiger partial charge in [0.15, 0.2) is 0 Å². The van der Waals surface area contributed by atoms with Crippen LogP contribution in [0, 0.1) is 6.92 Å².